The van der Waals surface area contributed by atoms with Crippen molar-refractivity contribution in [1.29, 1.82) is 0 Å². The minimum Gasteiger partial charge on any atom is -0.480 e. The molecule has 1 fully saturated rings. The largest absolute Gasteiger partial charge is 0.480 e. The van der Waals surface area contributed by atoms with E-state index in [9.17, 15) is 14.7 Å². The lowest BCUT2D eigenvalue weighted by Gasteiger charge is -2.32. The number of ether oxygens (including phenoxy) is 1. The lowest BCUT2D eigenvalue weighted by molar-refractivity contribution is -0.147. The van der Waals surface area contributed by atoms with Gasteiger partial charge in [0, 0.05) is 21.3 Å². The van der Waals surface area contributed by atoms with Gasteiger partial charge in [-0.3, -0.25) is 4.79 Å². The van der Waals surface area contributed by atoms with Crippen LogP contribution in [0.5, 0.6) is 0 Å². The molecule has 0 saturated carbocycles. The lowest BCUT2D eigenvalue weighted by atomic mass is 10.2. The van der Waals surface area contributed by atoms with E-state index in [1.807, 2.05) is 24.3 Å². The third-order valence-corrected chi connectivity index (χ3v) is 6.34. The van der Waals surface area contributed by atoms with Crippen LogP contribution in [-0.4, -0.2) is 47.7 Å². The van der Waals surface area contributed by atoms with Crippen LogP contribution in [0.1, 0.15) is 9.67 Å². The number of carbonyl (C=O) groups excluding carboxylic acids is 1. The molecule has 1 aliphatic rings. The molecule has 7 heteroatoms. The van der Waals surface area contributed by atoms with Crippen molar-refractivity contribution in [3.8, 4) is 0 Å². The van der Waals surface area contributed by atoms with Crippen LogP contribution in [0.3, 0.4) is 0 Å². The van der Waals surface area contributed by atoms with Crippen LogP contribution in [0.25, 0.3) is 19.5 Å². The predicted octanol–water partition coefficient (Wildman–Crippen LogP) is 3.04. The Bertz CT molecular complexity index is 913. The molecule has 5 nitrogen and oxygen atoms in total. The number of thiophene rings is 2. The van der Waals surface area contributed by atoms with Crippen LogP contribution >= 0.6 is 22.7 Å². The Kier molecular flexibility index (Phi) is 3.56. The molecule has 4 rings (SSSR count). The first-order valence-electron chi connectivity index (χ1n) is 7.18. The van der Waals surface area contributed by atoms with Crippen LogP contribution in [-0.2, 0) is 9.53 Å². The molecule has 1 unspecified atom stereocenters. The molecule has 0 radical (unpaired) electrons. The van der Waals surface area contributed by atoms with Crippen molar-refractivity contribution in [1.82, 2.24) is 4.90 Å². The molecule has 1 aliphatic heterocycles. The number of aliphatic carboxylic acids is 1. The van der Waals surface area contributed by atoms with Gasteiger partial charge < -0.3 is 14.7 Å². The second-order valence-corrected chi connectivity index (χ2v) is 7.47. The van der Waals surface area contributed by atoms with Crippen molar-refractivity contribution in [3.63, 3.8) is 0 Å². The van der Waals surface area contributed by atoms with Gasteiger partial charge in [0.05, 0.1) is 22.8 Å². The standard InChI is InChI=1S/C16H13NO4S2/c18-15(17-5-6-21-8-10(17)16(19)20)13-7-12-14(23-13)9-3-1-2-4-11(9)22-12/h1-4,7,10H,5-6,8H2,(H,19,20). The van der Waals surface area contributed by atoms with Crippen LogP contribution in [0, 0.1) is 0 Å². The van der Waals surface area contributed by atoms with Crippen LogP contribution < -0.4 is 0 Å². The number of hydrogen-bond donors (Lipinski definition) is 1. The van der Waals surface area contributed by atoms with Crippen molar-refractivity contribution in [2.75, 3.05) is 19.8 Å². The highest BCUT2D eigenvalue weighted by Gasteiger charge is 2.34. The van der Waals surface area contributed by atoms with Gasteiger partial charge in [-0.05, 0) is 12.1 Å². The third-order valence-electron chi connectivity index (χ3n) is 3.93. The molecule has 3 aromatic rings. The first kappa shape index (κ1) is 14.6. The van der Waals surface area contributed by atoms with Crippen molar-refractivity contribution in [2.24, 2.45) is 0 Å². The van der Waals surface area contributed by atoms with E-state index in [-0.39, 0.29) is 12.5 Å². The fourth-order valence-corrected chi connectivity index (χ4v) is 5.28. The van der Waals surface area contributed by atoms with Gasteiger partial charge >= 0.3 is 5.97 Å². The Morgan fingerprint density at radius 1 is 1.22 bits per heavy atom. The number of carboxylic acid groups (broad SMARTS) is 1. The molecule has 118 valence electrons. The lowest BCUT2D eigenvalue weighted by Crippen LogP contribution is -2.52. The number of morpholine rings is 1. The second-order valence-electron chi connectivity index (χ2n) is 5.33. The smallest absolute Gasteiger partial charge is 0.328 e. The molecule has 3 heterocycles. The van der Waals surface area contributed by atoms with E-state index in [0.29, 0.717) is 18.0 Å². The summed E-state index contributed by atoms with van der Waals surface area (Å²) in [7, 11) is 0. The van der Waals surface area contributed by atoms with Gasteiger partial charge in [0.15, 0.2) is 6.04 Å². The molecule has 0 spiro atoms. The summed E-state index contributed by atoms with van der Waals surface area (Å²) in [6, 6.07) is 9.07. The normalized spacial score (nSPS) is 18.6. The van der Waals surface area contributed by atoms with Crippen LogP contribution in [0.15, 0.2) is 30.3 Å². The first-order chi connectivity index (χ1) is 11.1. The van der Waals surface area contributed by atoms with Gasteiger partial charge in [0.2, 0.25) is 0 Å². The van der Waals surface area contributed by atoms with Gasteiger partial charge in [0.25, 0.3) is 5.91 Å². The minimum atomic E-state index is -1.03. The molecule has 1 saturated heterocycles. The van der Waals surface area contributed by atoms with Gasteiger partial charge in [-0.2, -0.15) is 0 Å². The van der Waals surface area contributed by atoms with Crippen molar-refractivity contribution in [3.05, 3.63) is 35.2 Å². The van der Waals surface area contributed by atoms with E-state index in [1.54, 1.807) is 11.3 Å². The number of carboxylic acids is 1. The number of hydrogen-bond acceptors (Lipinski definition) is 5. The third kappa shape index (κ3) is 2.41. The number of rotatable bonds is 2. The van der Waals surface area contributed by atoms with Crippen LogP contribution in [0.4, 0.5) is 0 Å². The van der Waals surface area contributed by atoms with E-state index < -0.39 is 12.0 Å². The summed E-state index contributed by atoms with van der Waals surface area (Å²) in [5.74, 6) is -1.25. The Balaban J connectivity index is 1.73. The summed E-state index contributed by atoms with van der Waals surface area (Å²) in [6.45, 7) is 0.726. The number of carbonyl (C=O) groups is 2. The highest BCUT2D eigenvalue weighted by atomic mass is 32.1. The molecule has 0 aliphatic carbocycles. The summed E-state index contributed by atoms with van der Waals surface area (Å²) in [4.78, 5) is 26.1. The Hall–Kier alpha value is -1.96. The number of benzene rings is 1. The maximum atomic E-state index is 12.7. The van der Waals surface area contributed by atoms with E-state index in [0.717, 1.165) is 14.8 Å². The topological polar surface area (TPSA) is 66.8 Å². The SMILES string of the molecule is O=C(O)C1COCCN1C(=O)c1cc2sc3ccccc3c2s1. The average Bonchev–Trinajstić information content (AvgIpc) is 3.12. The molecule has 1 atom stereocenters. The van der Waals surface area contributed by atoms with Gasteiger partial charge in [-0.1, -0.05) is 18.2 Å². The molecule has 0 bridgehead atoms. The number of amides is 1. The van der Waals surface area contributed by atoms with E-state index >= 15 is 0 Å². The summed E-state index contributed by atoms with van der Waals surface area (Å²) in [6.07, 6.45) is 0. The molecule has 2 aromatic heterocycles. The summed E-state index contributed by atoms with van der Waals surface area (Å²) in [5.41, 5.74) is 0. The average molecular weight is 347 g/mol. The molecule has 1 amide bonds. The zero-order chi connectivity index (χ0) is 16.0. The van der Waals surface area contributed by atoms with E-state index in [1.165, 1.54) is 20.9 Å². The molecule has 23 heavy (non-hydrogen) atoms. The first-order valence-corrected chi connectivity index (χ1v) is 8.81. The maximum absolute atomic E-state index is 12.7. The van der Waals surface area contributed by atoms with Gasteiger partial charge in [0.1, 0.15) is 0 Å². The highest BCUT2D eigenvalue weighted by molar-refractivity contribution is 7.33. The number of fused-ring (bicyclic) bond motifs is 3. The molecular formula is C16H13NO4S2. The Morgan fingerprint density at radius 3 is 2.87 bits per heavy atom. The summed E-state index contributed by atoms with van der Waals surface area (Å²) >= 11 is 3.09. The highest BCUT2D eigenvalue weighted by Crippen LogP contribution is 2.39. The fraction of sp³-hybridized carbons (Fsp3) is 0.250. The summed E-state index contributed by atoms with van der Waals surface area (Å²) in [5, 5.41) is 10.4. The van der Waals surface area contributed by atoms with Crippen molar-refractivity contribution >= 4 is 54.0 Å². The van der Waals surface area contributed by atoms with Crippen molar-refractivity contribution in [2.45, 2.75) is 6.04 Å². The number of nitrogens with zero attached hydrogens (tertiary/aromatic N) is 1. The fourth-order valence-electron chi connectivity index (χ4n) is 2.80. The Morgan fingerprint density at radius 2 is 2.04 bits per heavy atom. The summed E-state index contributed by atoms with van der Waals surface area (Å²) < 4.78 is 8.55. The molecular weight excluding hydrogens is 334 g/mol. The van der Waals surface area contributed by atoms with Gasteiger partial charge in [-0.25, -0.2) is 4.79 Å². The van der Waals surface area contributed by atoms with E-state index in [2.05, 4.69) is 6.07 Å². The molecule has 1 N–H and O–H groups in total. The zero-order valence-corrected chi connectivity index (χ0v) is 13.7. The van der Waals surface area contributed by atoms with Crippen LogP contribution in [0.2, 0.25) is 0 Å². The second kappa shape index (κ2) is 5.59. The quantitative estimate of drug-likeness (QED) is 0.774. The van der Waals surface area contributed by atoms with Gasteiger partial charge in [-0.15, -0.1) is 22.7 Å². The maximum Gasteiger partial charge on any atom is 0.328 e. The zero-order valence-electron chi connectivity index (χ0n) is 12.0. The Labute approximate surface area is 139 Å². The van der Waals surface area contributed by atoms with E-state index in [4.69, 9.17) is 4.74 Å². The molecule has 1 aromatic carbocycles. The van der Waals surface area contributed by atoms with Crippen molar-refractivity contribution < 1.29 is 19.4 Å². The monoisotopic (exact) mass is 347 g/mol. The predicted molar refractivity (Wildman–Crippen MR) is 90.5 cm³/mol. The minimum absolute atomic E-state index is 0.0454.